The Balaban J connectivity index is 2.20. The third kappa shape index (κ3) is 2.96. The number of pyridine rings is 1. The molecule has 1 N–H and O–H groups in total. The van der Waals surface area contributed by atoms with Crippen LogP contribution in [0, 0.1) is 30.9 Å². The fourth-order valence-corrected chi connectivity index (χ4v) is 3.23. The largest absolute Gasteiger partial charge is 0.363 e. The molecule has 0 aromatic carbocycles. The second kappa shape index (κ2) is 5.58. The Morgan fingerprint density at radius 2 is 2.05 bits per heavy atom. The molecule has 0 aliphatic carbocycles. The second-order valence-corrected chi connectivity index (χ2v) is 6.25. The highest BCUT2D eigenvalue weighted by Gasteiger charge is 2.15. The Kier molecular flexibility index (Phi) is 4.04. The molecular weight excluding hydrogens is 274 g/mol. The average Bonchev–Trinajstić information content (AvgIpc) is 2.68. The van der Waals surface area contributed by atoms with E-state index in [0.29, 0.717) is 11.5 Å². The van der Waals surface area contributed by atoms with Gasteiger partial charge < -0.3 is 5.32 Å². The number of anilines is 1. The summed E-state index contributed by atoms with van der Waals surface area (Å²) in [6.07, 6.45) is 0. The molecule has 0 saturated heterocycles. The fraction of sp³-hybridized carbons (Fsp3) is 0.357. The van der Waals surface area contributed by atoms with Crippen LogP contribution < -0.4 is 5.32 Å². The molecule has 2 aromatic heterocycles. The summed E-state index contributed by atoms with van der Waals surface area (Å²) in [5.74, 6) is 0.656. The number of nitro groups is 1. The van der Waals surface area contributed by atoms with Crippen molar-refractivity contribution in [3.05, 3.63) is 49.3 Å². The first-order chi connectivity index (χ1) is 9.38. The van der Waals surface area contributed by atoms with Gasteiger partial charge >= 0.3 is 0 Å². The molecule has 0 bridgehead atoms. The van der Waals surface area contributed by atoms with Crippen molar-refractivity contribution in [1.29, 1.82) is 0 Å². The number of nitrogens with one attached hydrogen (secondary N) is 1. The van der Waals surface area contributed by atoms with Gasteiger partial charge in [-0.15, -0.1) is 11.3 Å². The number of hydrogen-bond acceptors (Lipinski definition) is 5. The van der Waals surface area contributed by atoms with E-state index in [-0.39, 0.29) is 11.7 Å². The van der Waals surface area contributed by atoms with Gasteiger partial charge in [-0.1, -0.05) is 0 Å². The molecule has 0 spiro atoms. The Morgan fingerprint density at radius 1 is 1.35 bits per heavy atom. The van der Waals surface area contributed by atoms with E-state index in [4.69, 9.17) is 0 Å². The highest BCUT2D eigenvalue weighted by Crippen LogP contribution is 2.28. The number of rotatable bonds is 4. The Bertz CT molecular complexity index is 652. The molecule has 0 fully saturated rings. The Morgan fingerprint density at radius 3 is 2.55 bits per heavy atom. The quantitative estimate of drug-likeness (QED) is 0.678. The normalized spacial score (nSPS) is 12.2. The summed E-state index contributed by atoms with van der Waals surface area (Å²) in [7, 11) is 0. The van der Waals surface area contributed by atoms with Gasteiger partial charge in [-0.25, -0.2) is 4.98 Å². The first kappa shape index (κ1) is 14.5. The summed E-state index contributed by atoms with van der Waals surface area (Å²) in [5.41, 5.74) is 1.71. The van der Waals surface area contributed by atoms with Crippen LogP contribution in [0.15, 0.2) is 18.2 Å². The van der Waals surface area contributed by atoms with Crippen molar-refractivity contribution in [2.24, 2.45) is 0 Å². The summed E-state index contributed by atoms with van der Waals surface area (Å²) < 4.78 is 0. The summed E-state index contributed by atoms with van der Waals surface area (Å²) in [6.45, 7) is 7.89. The summed E-state index contributed by atoms with van der Waals surface area (Å²) in [4.78, 5) is 17.2. The molecule has 1 unspecified atom stereocenters. The van der Waals surface area contributed by atoms with Crippen molar-refractivity contribution in [3.63, 3.8) is 0 Å². The predicted octanol–water partition coefficient (Wildman–Crippen LogP) is 4.15. The summed E-state index contributed by atoms with van der Waals surface area (Å²) >= 11 is 1.77. The maximum atomic E-state index is 10.8. The van der Waals surface area contributed by atoms with Gasteiger partial charge in [0.2, 0.25) is 0 Å². The standard InChI is InChI=1S/C14H17N3O2S/c1-8-7-12(11(4)20-8)9(2)15-14-6-5-13(17(18)19)10(3)16-14/h5-7,9H,1-4H3,(H,15,16). The van der Waals surface area contributed by atoms with Crippen LogP contribution in [0.3, 0.4) is 0 Å². The third-order valence-corrected chi connectivity index (χ3v) is 4.15. The lowest BCUT2D eigenvalue weighted by molar-refractivity contribution is -0.385. The molecule has 0 aliphatic rings. The smallest absolute Gasteiger partial charge is 0.290 e. The van der Waals surface area contributed by atoms with E-state index in [2.05, 4.69) is 37.1 Å². The van der Waals surface area contributed by atoms with E-state index < -0.39 is 4.92 Å². The second-order valence-electron chi connectivity index (χ2n) is 4.79. The van der Waals surface area contributed by atoms with Crippen LogP contribution >= 0.6 is 11.3 Å². The van der Waals surface area contributed by atoms with Crippen molar-refractivity contribution in [2.45, 2.75) is 33.7 Å². The topological polar surface area (TPSA) is 68.1 Å². The van der Waals surface area contributed by atoms with Crippen LogP contribution in [0.1, 0.15) is 34.0 Å². The fourth-order valence-electron chi connectivity index (χ4n) is 2.21. The van der Waals surface area contributed by atoms with E-state index in [0.717, 1.165) is 0 Å². The van der Waals surface area contributed by atoms with Crippen molar-refractivity contribution >= 4 is 22.8 Å². The van der Waals surface area contributed by atoms with Gasteiger partial charge in [-0.2, -0.15) is 0 Å². The van der Waals surface area contributed by atoms with Crippen molar-refractivity contribution < 1.29 is 4.92 Å². The van der Waals surface area contributed by atoms with Crippen LogP contribution in [0.25, 0.3) is 0 Å². The van der Waals surface area contributed by atoms with Gasteiger partial charge in [0, 0.05) is 15.8 Å². The minimum atomic E-state index is -0.415. The van der Waals surface area contributed by atoms with Crippen LogP contribution in [-0.4, -0.2) is 9.91 Å². The molecule has 2 rings (SSSR count). The molecule has 5 nitrogen and oxygen atoms in total. The maximum Gasteiger partial charge on any atom is 0.290 e. The van der Waals surface area contributed by atoms with Crippen LogP contribution in [-0.2, 0) is 0 Å². The average molecular weight is 291 g/mol. The van der Waals surface area contributed by atoms with Gasteiger partial charge in [0.1, 0.15) is 11.5 Å². The first-order valence-electron chi connectivity index (χ1n) is 6.34. The molecule has 0 saturated carbocycles. The first-order valence-corrected chi connectivity index (χ1v) is 7.15. The maximum absolute atomic E-state index is 10.8. The van der Waals surface area contributed by atoms with Gasteiger partial charge in [0.15, 0.2) is 0 Å². The molecule has 6 heteroatoms. The highest BCUT2D eigenvalue weighted by atomic mass is 32.1. The Hall–Kier alpha value is -1.95. The molecule has 2 heterocycles. The molecule has 2 aromatic rings. The van der Waals surface area contributed by atoms with Gasteiger partial charge in [-0.3, -0.25) is 10.1 Å². The molecular formula is C14H17N3O2S. The van der Waals surface area contributed by atoms with Crippen molar-refractivity contribution in [3.8, 4) is 0 Å². The van der Waals surface area contributed by atoms with Crippen molar-refractivity contribution in [1.82, 2.24) is 4.98 Å². The molecule has 1 atom stereocenters. The van der Waals surface area contributed by atoms with Gasteiger partial charge in [0.25, 0.3) is 5.69 Å². The highest BCUT2D eigenvalue weighted by molar-refractivity contribution is 7.12. The summed E-state index contributed by atoms with van der Waals surface area (Å²) in [5, 5.41) is 14.1. The van der Waals surface area contributed by atoms with E-state index >= 15 is 0 Å². The molecule has 0 aliphatic heterocycles. The lowest BCUT2D eigenvalue weighted by Crippen LogP contribution is -2.09. The third-order valence-electron chi connectivity index (χ3n) is 3.16. The van der Waals surface area contributed by atoms with Gasteiger partial charge in [-0.05, 0) is 45.4 Å². The van der Waals surface area contributed by atoms with Crippen molar-refractivity contribution in [2.75, 3.05) is 5.32 Å². The van der Waals surface area contributed by atoms with Crippen LogP contribution in [0.4, 0.5) is 11.5 Å². The number of hydrogen-bond donors (Lipinski definition) is 1. The number of aromatic nitrogens is 1. The van der Waals surface area contributed by atoms with Gasteiger partial charge in [0.05, 0.1) is 11.0 Å². The minimum absolute atomic E-state index is 0.0470. The Labute approximate surface area is 121 Å². The predicted molar refractivity (Wildman–Crippen MR) is 81.5 cm³/mol. The molecule has 0 radical (unpaired) electrons. The summed E-state index contributed by atoms with van der Waals surface area (Å²) in [6, 6.07) is 5.42. The van der Waals surface area contributed by atoms with E-state index in [1.54, 1.807) is 24.3 Å². The monoisotopic (exact) mass is 291 g/mol. The molecule has 106 valence electrons. The lowest BCUT2D eigenvalue weighted by Gasteiger charge is -2.14. The number of aryl methyl sites for hydroxylation is 3. The minimum Gasteiger partial charge on any atom is -0.363 e. The van der Waals surface area contributed by atoms with E-state index in [9.17, 15) is 10.1 Å². The van der Waals surface area contributed by atoms with Crippen LogP contribution in [0.2, 0.25) is 0 Å². The zero-order valence-corrected chi connectivity index (χ0v) is 12.7. The zero-order chi connectivity index (χ0) is 14.9. The van der Waals surface area contributed by atoms with E-state index in [1.807, 2.05) is 0 Å². The lowest BCUT2D eigenvalue weighted by atomic mass is 10.1. The number of nitrogens with zero attached hydrogens (tertiary/aromatic N) is 2. The molecule has 20 heavy (non-hydrogen) atoms. The SMILES string of the molecule is Cc1cc(C(C)Nc2ccc([N+](=O)[O-])c(C)n2)c(C)s1. The van der Waals surface area contributed by atoms with E-state index in [1.165, 1.54) is 21.4 Å². The number of thiophene rings is 1. The zero-order valence-electron chi connectivity index (χ0n) is 11.9. The molecule has 0 amide bonds. The van der Waals surface area contributed by atoms with Crippen LogP contribution in [0.5, 0.6) is 0 Å².